The molecule has 0 amide bonds. The van der Waals surface area contributed by atoms with Gasteiger partial charge in [-0.2, -0.15) is 10.1 Å². The number of aromatic hydroxyl groups is 1. The first kappa shape index (κ1) is 18.7. The highest BCUT2D eigenvalue weighted by atomic mass is 127. The number of benzene rings is 2. The molecule has 0 unspecified atom stereocenters. The predicted molar refractivity (Wildman–Crippen MR) is 115 cm³/mol. The molecule has 144 valence electrons. The third-order valence-electron chi connectivity index (χ3n) is 3.71. The van der Waals surface area contributed by atoms with Crippen LogP contribution in [0.1, 0.15) is 5.56 Å². The van der Waals surface area contributed by atoms with Crippen molar-refractivity contribution >= 4 is 63.1 Å². The van der Waals surface area contributed by atoms with E-state index in [4.69, 9.17) is 0 Å². The van der Waals surface area contributed by atoms with Gasteiger partial charge in [0.1, 0.15) is 11.4 Å². The smallest absolute Gasteiger partial charge is 0.245 e. The highest BCUT2D eigenvalue weighted by molar-refractivity contribution is 14.1. The van der Waals surface area contributed by atoms with Crippen molar-refractivity contribution in [3.05, 3.63) is 56.5 Å². The fraction of sp³-hybridized carbons (Fsp3) is 0. The molecule has 2 aromatic carbocycles. The Morgan fingerprint density at radius 1 is 1.03 bits per heavy atom. The lowest BCUT2D eigenvalue weighted by Crippen LogP contribution is -2.03. The zero-order chi connectivity index (χ0) is 20.2. The molecule has 0 fully saturated rings. The molecule has 0 bridgehead atoms. The average molecular weight is 502 g/mol. The Bertz CT molecular complexity index is 1210. The van der Waals surface area contributed by atoms with E-state index in [0.717, 1.165) is 9.26 Å². The Hall–Kier alpha value is -3.68. The van der Waals surface area contributed by atoms with Crippen molar-refractivity contribution in [2.75, 3.05) is 10.7 Å². The molecule has 2 aromatic heterocycles. The summed E-state index contributed by atoms with van der Waals surface area (Å²) in [5, 5.41) is 27.3. The molecular weight excluding hydrogens is 491 g/mol. The fourth-order valence-corrected chi connectivity index (χ4v) is 2.70. The van der Waals surface area contributed by atoms with Gasteiger partial charge in [0.05, 0.1) is 6.21 Å². The number of hydrogen-bond acceptors (Lipinski definition) is 11. The third-order valence-corrected chi connectivity index (χ3v) is 4.43. The Labute approximate surface area is 176 Å². The minimum atomic E-state index is -0.0533. The van der Waals surface area contributed by atoms with Crippen molar-refractivity contribution in [1.82, 2.24) is 20.3 Å². The van der Waals surface area contributed by atoms with Crippen LogP contribution in [0, 0.1) is 8.48 Å². The maximum Gasteiger partial charge on any atom is 0.245 e. The molecule has 12 heteroatoms. The normalized spacial score (nSPS) is 11.1. The Morgan fingerprint density at radius 2 is 1.76 bits per heavy atom. The molecule has 0 spiro atoms. The number of fused-ring (bicyclic) bond motifs is 1. The lowest BCUT2D eigenvalue weighted by Gasteiger charge is -2.09. The van der Waals surface area contributed by atoms with E-state index in [1.165, 1.54) is 24.4 Å². The molecule has 11 nitrogen and oxygen atoms in total. The molecule has 0 atom stereocenters. The first-order valence-corrected chi connectivity index (χ1v) is 9.18. The number of hydrazone groups is 1. The summed E-state index contributed by atoms with van der Waals surface area (Å²) in [5.74, 6) is 0.550. The molecule has 0 saturated heterocycles. The SMILES string of the molecule is O=Nc1ccc(O)c(/C=N/Nc2nc3nonc3nc2Nc2ccc(I)cc2)c1. The van der Waals surface area contributed by atoms with Gasteiger partial charge in [0.25, 0.3) is 0 Å². The van der Waals surface area contributed by atoms with E-state index in [1.807, 2.05) is 24.3 Å². The van der Waals surface area contributed by atoms with Gasteiger partial charge in [0.15, 0.2) is 11.6 Å². The molecule has 0 aliphatic rings. The maximum atomic E-state index is 10.7. The van der Waals surface area contributed by atoms with Gasteiger partial charge in [-0.25, -0.2) is 9.61 Å². The van der Waals surface area contributed by atoms with Crippen LogP contribution in [0.5, 0.6) is 5.75 Å². The van der Waals surface area contributed by atoms with Gasteiger partial charge in [-0.15, -0.1) is 4.91 Å². The number of nitrogens with one attached hydrogen (secondary N) is 2. The van der Waals surface area contributed by atoms with Crippen LogP contribution in [0.15, 0.2) is 57.4 Å². The Balaban J connectivity index is 1.63. The number of hydrogen-bond donors (Lipinski definition) is 3. The summed E-state index contributed by atoms with van der Waals surface area (Å²) in [6.45, 7) is 0. The minimum absolute atomic E-state index is 0.0533. The highest BCUT2D eigenvalue weighted by Gasteiger charge is 2.13. The summed E-state index contributed by atoms with van der Waals surface area (Å²) in [7, 11) is 0. The van der Waals surface area contributed by atoms with Gasteiger partial charge in [0.2, 0.25) is 11.3 Å². The van der Waals surface area contributed by atoms with Gasteiger partial charge < -0.3 is 10.4 Å². The second-order valence-corrected chi connectivity index (χ2v) is 6.91. The van der Waals surface area contributed by atoms with E-state index in [1.54, 1.807) is 0 Å². The molecule has 2 heterocycles. The number of anilines is 3. The number of nitroso groups, excluding NO2 is 1. The minimum Gasteiger partial charge on any atom is -0.507 e. The van der Waals surface area contributed by atoms with Crippen LogP contribution in [-0.4, -0.2) is 31.6 Å². The van der Waals surface area contributed by atoms with Crippen LogP contribution >= 0.6 is 22.6 Å². The van der Waals surface area contributed by atoms with E-state index in [-0.39, 0.29) is 28.5 Å². The largest absolute Gasteiger partial charge is 0.507 e. The lowest BCUT2D eigenvalue weighted by atomic mass is 10.2. The molecule has 4 aromatic rings. The number of phenolic OH excluding ortho intramolecular Hbond substituents is 1. The summed E-state index contributed by atoms with van der Waals surface area (Å²) in [4.78, 5) is 19.3. The summed E-state index contributed by atoms with van der Waals surface area (Å²) in [5.41, 5.74) is 4.43. The number of aromatic nitrogens is 4. The summed E-state index contributed by atoms with van der Waals surface area (Å²) in [6, 6.07) is 11.8. The Morgan fingerprint density at radius 3 is 2.48 bits per heavy atom. The van der Waals surface area contributed by atoms with Crippen molar-refractivity contribution in [2.45, 2.75) is 0 Å². The lowest BCUT2D eigenvalue weighted by molar-refractivity contribution is 0.314. The summed E-state index contributed by atoms with van der Waals surface area (Å²) < 4.78 is 5.75. The van der Waals surface area contributed by atoms with Gasteiger partial charge in [-0.05, 0) is 80.5 Å². The standard InChI is InChI=1S/C17H11IN8O3/c18-10-1-3-11(4-2-10)20-14-15(22-17-16(21-14)25-29-26-17)23-19-8-9-7-12(24-28)5-6-13(9)27/h1-8,27H,(H,20,21,25)(H,22,23,26)/b19-8+. The third kappa shape index (κ3) is 4.26. The van der Waals surface area contributed by atoms with Gasteiger partial charge in [-0.1, -0.05) is 0 Å². The molecule has 4 rings (SSSR count). The van der Waals surface area contributed by atoms with E-state index >= 15 is 0 Å². The van der Waals surface area contributed by atoms with Crippen LogP contribution in [0.3, 0.4) is 0 Å². The van der Waals surface area contributed by atoms with Crippen LogP contribution in [0.25, 0.3) is 11.3 Å². The molecular formula is C17H11IN8O3. The van der Waals surface area contributed by atoms with Crippen LogP contribution in [0.4, 0.5) is 23.0 Å². The van der Waals surface area contributed by atoms with Crippen LogP contribution < -0.4 is 10.7 Å². The second-order valence-electron chi connectivity index (χ2n) is 5.67. The number of nitrogens with zero attached hydrogens (tertiary/aromatic N) is 6. The first-order valence-electron chi connectivity index (χ1n) is 8.11. The first-order chi connectivity index (χ1) is 14.1. The van der Waals surface area contributed by atoms with Crippen molar-refractivity contribution in [1.29, 1.82) is 0 Å². The van der Waals surface area contributed by atoms with E-state index in [9.17, 15) is 10.0 Å². The number of rotatable bonds is 6. The van der Waals surface area contributed by atoms with Crippen LogP contribution in [0.2, 0.25) is 0 Å². The molecule has 0 saturated carbocycles. The summed E-state index contributed by atoms with van der Waals surface area (Å²) in [6.07, 6.45) is 1.32. The van der Waals surface area contributed by atoms with Gasteiger partial charge >= 0.3 is 0 Å². The van der Waals surface area contributed by atoms with Crippen molar-refractivity contribution in [3.63, 3.8) is 0 Å². The average Bonchev–Trinajstić information content (AvgIpc) is 3.18. The van der Waals surface area contributed by atoms with Gasteiger partial charge in [0, 0.05) is 14.8 Å². The monoisotopic (exact) mass is 502 g/mol. The molecule has 0 radical (unpaired) electrons. The van der Waals surface area contributed by atoms with Gasteiger partial charge in [-0.3, -0.25) is 5.43 Å². The topological polar surface area (TPSA) is 151 Å². The molecule has 0 aliphatic heterocycles. The molecule has 0 aliphatic carbocycles. The molecule has 3 N–H and O–H groups in total. The summed E-state index contributed by atoms with van der Waals surface area (Å²) >= 11 is 2.21. The Kier molecular flexibility index (Phi) is 5.24. The maximum absolute atomic E-state index is 10.7. The highest BCUT2D eigenvalue weighted by Crippen LogP contribution is 2.25. The van der Waals surface area contributed by atoms with E-state index < -0.39 is 0 Å². The second kappa shape index (κ2) is 8.14. The number of phenols is 1. The molecule has 29 heavy (non-hydrogen) atoms. The predicted octanol–water partition coefficient (Wildman–Crippen LogP) is 3.91. The number of halogens is 1. The van der Waals surface area contributed by atoms with Crippen LogP contribution in [-0.2, 0) is 0 Å². The van der Waals surface area contributed by atoms with Crippen molar-refractivity contribution in [2.24, 2.45) is 10.3 Å². The quantitative estimate of drug-likeness (QED) is 0.154. The fourth-order valence-electron chi connectivity index (χ4n) is 2.34. The van der Waals surface area contributed by atoms with Crippen molar-refractivity contribution < 1.29 is 9.74 Å². The van der Waals surface area contributed by atoms with Crippen molar-refractivity contribution in [3.8, 4) is 5.75 Å². The van der Waals surface area contributed by atoms with E-state index in [2.05, 4.69) is 68.5 Å². The zero-order valence-electron chi connectivity index (χ0n) is 14.4. The zero-order valence-corrected chi connectivity index (χ0v) is 16.6. The van der Waals surface area contributed by atoms with E-state index in [0.29, 0.717) is 11.4 Å².